The largest absolute Gasteiger partial charge is 0.467 e. The number of amides is 9. The second-order valence-electron chi connectivity index (χ2n) is 25.1. The van der Waals surface area contributed by atoms with Gasteiger partial charge in [-0.1, -0.05) is 111 Å². The second-order valence-corrected chi connectivity index (χ2v) is 25.1. The fraction of sp³-hybridized carbons (Fsp3) is 0.672. The number of hydrogen-bond donors (Lipinski definition) is 7. The van der Waals surface area contributed by atoms with Crippen LogP contribution in [-0.4, -0.2) is 183 Å². The highest BCUT2D eigenvalue weighted by atomic mass is 16.6. The molecule has 87 heavy (non-hydrogen) atoms. The van der Waals surface area contributed by atoms with Crippen LogP contribution in [0, 0.1) is 29.6 Å². The number of methoxy groups -OCH3 is 3. The predicted octanol–water partition coefficient (Wildman–Crippen LogP) is 5.57. The number of nitrogens with one attached hydrogen (secondary N) is 6. The summed E-state index contributed by atoms with van der Waals surface area (Å²) in [5, 5.41) is 16.7. The van der Waals surface area contributed by atoms with Gasteiger partial charge in [-0.25, -0.2) is 14.4 Å². The summed E-state index contributed by atoms with van der Waals surface area (Å²) < 4.78 is 22.5. The van der Waals surface area contributed by atoms with Gasteiger partial charge < -0.3 is 66.4 Å². The molecule has 1 heterocycles. The average Bonchev–Trinajstić information content (AvgIpc) is 3.48. The number of rotatable bonds is 34. The van der Waals surface area contributed by atoms with E-state index in [4.69, 9.17) is 24.7 Å². The van der Waals surface area contributed by atoms with E-state index < -0.39 is 102 Å². The molecule has 1 aliphatic rings. The second kappa shape index (κ2) is 35.8. The van der Waals surface area contributed by atoms with Crippen LogP contribution in [0.5, 0.6) is 0 Å². The number of carbonyl (C=O) groups excluding carboxylic acids is 9. The Morgan fingerprint density at radius 3 is 1.89 bits per heavy atom. The van der Waals surface area contributed by atoms with Crippen molar-refractivity contribution >= 4 is 59.2 Å². The Morgan fingerprint density at radius 2 is 1.34 bits per heavy atom. The molecule has 488 valence electrons. The van der Waals surface area contributed by atoms with E-state index >= 15 is 0 Å². The first-order valence-electron chi connectivity index (χ1n) is 30.7. The minimum absolute atomic E-state index is 0.0651. The highest BCUT2D eigenvalue weighted by Gasteiger charge is 2.44. The maximum Gasteiger partial charge on any atom is 0.408 e. The molecular weight excluding hydrogens is 1120 g/mol. The van der Waals surface area contributed by atoms with Gasteiger partial charge in [-0.2, -0.15) is 0 Å². The molecule has 9 amide bonds. The molecule has 0 bridgehead atoms. The van der Waals surface area contributed by atoms with Crippen molar-refractivity contribution in [3.63, 3.8) is 0 Å². The minimum Gasteiger partial charge on any atom is -0.467 e. The molecule has 2 aromatic carbocycles. The summed E-state index contributed by atoms with van der Waals surface area (Å²) in [4.78, 5) is 127. The number of hydrogen-bond acceptors (Lipinski definition) is 14. The number of ether oxygens (including phenoxy) is 4. The molecule has 0 spiro atoms. The van der Waals surface area contributed by atoms with E-state index in [1.165, 1.54) is 21.3 Å². The van der Waals surface area contributed by atoms with Gasteiger partial charge in [0, 0.05) is 53.0 Å². The number of alkyl carbamates (subject to hydrolysis) is 1. The molecule has 0 aliphatic carbocycles. The van der Waals surface area contributed by atoms with Gasteiger partial charge in [0.1, 0.15) is 29.8 Å². The number of benzene rings is 2. The Hall–Kier alpha value is -6.85. The first-order valence-corrected chi connectivity index (χ1v) is 30.7. The fourth-order valence-electron chi connectivity index (χ4n) is 11.2. The average molecular weight is 1220 g/mol. The number of nitrogens with two attached hydrogens (primary N) is 1. The minimum atomic E-state index is -1.04. The van der Waals surface area contributed by atoms with Crippen molar-refractivity contribution in [2.45, 2.75) is 195 Å². The normalized spacial score (nSPS) is 16.9. The number of primary amides is 1. The maximum atomic E-state index is 14.8. The van der Waals surface area contributed by atoms with Crippen molar-refractivity contribution in [2.75, 3.05) is 60.4 Å². The van der Waals surface area contributed by atoms with Gasteiger partial charge >= 0.3 is 18.1 Å². The van der Waals surface area contributed by atoms with Crippen molar-refractivity contribution in [3.05, 3.63) is 65.7 Å². The van der Waals surface area contributed by atoms with Crippen molar-refractivity contribution in [1.82, 2.24) is 41.3 Å². The maximum absolute atomic E-state index is 14.8. The molecule has 1 saturated heterocycles. The Bertz CT molecular complexity index is 2550. The molecule has 3 rings (SSSR count). The number of likely N-dealkylation sites (tertiary alicyclic amines) is 1. The standard InChI is InChI=1S/C64H104N10O13/c1-18-41(8)54(49(84-15)37-50(75)74-34-23-27-48(74)55(85-16)42(9)56(76)69-47(61(81)86-17)36-44-24-20-19-21-25-44)73(14)60(80)52(39(4)5)70-59(79)53(40(6)7)72(13)35-32-43-28-30-45(31-29-43)67-57(77)46(26-22-33-66-62(65)82)68-58(78)51(38(2)3)71-63(83)87-64(10,11)12/h19-21,24-25,28-31,38-42,46-49,51-55H,18,22-23,26-27,32-37H2,1-17H3,(H,67,77)(H,68,78)(H,69,76)(H,70,79)(H,71,83)(H3,65,66,82). The molecular formula is C64H104N10O13. The van der Waals surface area contributed by atoms with Gasteiger partial charge in [-0.15, -0.1) is 0 Å². The fourth-order valence-corrected chi connectivity index (χ4v) is 11.2. The van der Waals surface area contributed by atoms with Crippen LogP contribution < -0.4 is 37.6 Å². The summed E-state index contributed by atoms with van der Waals surface area (Å²) in [6, 6.07) is 10.2. The molecule has 11 atom stereocenters. The summed E-state index contributed by atoms with van der Waals surface area (Å²) in [6.07, 6.45) is 0.849. The quantitative estimate of drug-likeness (QED) is 0.0333. The summed E-state index contributed by atoms with van der Waals surface area (Å²) in [6.45, 7) is 23.1. The van der Waals surface area contributed by atoms with Gasteiger partial charge in [-0.05, 0) is 107 Å². The number of urea groups is 1. The van der Waals surface area contributed by atoms with Crippen LogP contribution in [0.3, 0.4) is 0 Å². The smallest absolute Gasteiger partial charge is 0.408 e. The van der Waals surface area contributed by atoms with Crippen LogP contribution in [0.25, 0.3) is 0 Å². The van der Waals surface area contributed by atoms with Crippen molar-refractivity contribution in [3.8, 4) is 0 Å². The topological polar surface area (TPSA) is 298 Å². The lowest BCUT2D eigenvalue weighted by atomic mass is 9.89. The third-order valence-corrected chi connectivity index (χ3v) is 16.1. The predicted molar refractivity (Wildman–Crippen MR) is 334 cm³/mol. The number of carbonyl (C=O) groups is 9. The first-order chi connectivity index (χ1) is 40.9. The Balaban J connectivity index is 1.73. The Morgan fingerprint density at radius 1 is 0.724 bits per heavy atom. The summed E-state index contributed by atoms with van der Waals surface area (Å²) in [5.74, 6) is -4.66. The molecule has 0 aromatic heterocycles. The number of nitrogens with zero attached hydrogens (tertiary/aromatic N) is 3. The van der Waals surface area contributed by atoms with Gasteiger partial charge in [0.2, 0.25) is 35.4 Å². The van der Waals surface area contributed by atoms with Gasteiger partial charge in [-0.3, -0.25) is 33.7 Å². The molecule has 1 aliphatic heterocycles. The Kier molecular flexibility index (Phi) is 30.6. The van der Waals surface area contributed by atoms with Crippen molar-refractivity contribution < 1.29 is 62.1 Å². The monoisotopic (exact) mass is 1220 g/mol. The lowest BCUT2D eigenvalue weighted by Gasteiger charge is -2.41. The molecule has 0 radical (unpaired) electrons. The van der Waals surface area contributed by atoms with Gasteiger partial charge in [0.15, 0.2) is 0 Å². The van der Waals surface area contributed by atoms with Gasteiger partial charge in [0.05, 0.1) is 49.8 Å². The van der Waals surface area contributed by atoms with Crippen LogP contribution in [0.2, 0.25) is 0 Å². The highest BCUT2D eigenvalue weighted by molar-refractivity contribution is 5.98. The van der Waals surface area contributed by atoms with Crippen LogP contribution in [0.1, 0.15) is 133 Å². The first kappa shape index (κ1) is 74.4. The molecule has 23 heteroatoms. The van der Waals surface area contributed by atoms with E-state index in [-0.39, 0.29) is 67.2 Å². The number of anilines is 1. The lowest BCUT2D eigenvalue weighted by Crippen LogP contribution is -2.60. The summed E-state index contributed by atoms with van der Waals surface area (Å²) in [7, 11) is 7.86. The highest BCUT2D eigenvalue weighted by Crippen LogP contribution is 2.30. The third kappa shape index (κ3) is 23.3. The van der Waals surface area contributed by atoms with Crippen LogP contribution >= 0.6 is 0 Å². The zero-order valence-electron chi connectivity index (χ0n) is 54.8. The third-order valence-electron chi connectivity index (χ3n) is 16.1. The van der Waals surface area contributed by atoms with Gasteiger partial charge in [0.25, 0.3) is 0 Å². The molecule has 8 N–H and O–H groups in total. The van der Waals surface area contributed by atoms with Crippen LogP contribution in [-0.2, 0) is 65.4 Å². The van der Waals surface area contributed by atoms with E-state index in [1.807, 2.05) is 96.0 Å². The number of esters is 1. The lowest BCUT2D eigenvalue weighted by molar-refractivity contribution is -0.149. The molecule has 0 saturated carbocycles. The van der Waals surface area contributed by atoms with Crippen molar-refractivity contribution in [1.29, 1.82) is 0 Å². The number of likely N-dealkylation sites (N-methyl/N-ethyl adjacent to an activating group) is 2. The van der Waals surface area contributed by atoms with Crippen LogP contribution in [0.4, 0.5) is 15.3 Å². The summed E-state index contributed by atoms with van der Waals surface area (Å²) in [5.41, 5.74) is 6.66. The zero-order valence-corrected chi connectivity index (χ0v) is 54.8. The van der Waals surface area contributed by atoms with E-state index in [9.17, 15) is 43.2 Å². The Labute approximate surface area is 516 Å². The zero-order chi connectivity index (χ0) is 65.5. The molecule has 1 fully saturated rings. The van der Waals surface area contributed by atoms with E-state index in [0.717, 1.165) is 11.1 Å². The van der Waals surface area contributed by atoms with E-state index in [1.54, 1.807) is 70.5 Å². The molecule has 2 aromatic rings. The molecule has 11 unspecified atom stereocenters. The molecule has 23 nitrogen and oxygen atoms in total. The summed E-state index contributed by atoms with van der Waals surface area (Å²) >= 11 is 0. The SMILES string of the molecule is CCC(C)C(C(CC(=O)N1CCCC1C(OC)C(C)C(=O)NC(Cc1ccccc1)C(=O)OC)OC)N(C)C(=O)C(NC(=O)C(C(C)C)N(C)CCc1ccc(NC(=O)C(CCCNC(N)=O)NC(=O)C(NC(=O)OC(C)(C)C)C(C)C)cc1)C(C)C. The van der Waals surface area contributed by atoms with Crippen molar-refractivity contribution in [2.24, 2.45) is 35.3 Å². The van der Waals surface area contributed by atoms with E-state index in [2.05, 4.69) is 31.9 Å². The van der Waals surface area contributed by atoms with Crippen LogP contribution in [0.15, 0.2) is 54.6 Å². The van der Waals surface area contributed by atoms with E-state index in [0.29, 0.717) is 50.9 Å².